The molecule has 0 radical (unpaired) electrons. The van der Waals surface area contributed by atoms with Crippen LogP contribution in [-0.2, 0) is 23.7 Å². The van der Waals surface area contributed by atoms with Crippen molar-refractivity contribution in [3.63, 3.8) is 0 Å². The van der Waals surface area contributed by atoms with Crippen LogP contribution in [0.15, 0.2) is 34.5 Å². The second-order valence-corrected chi connectivity index (χ2v) is 8.99. The van der Waals surface area contributed by atoms with Gasteiger partial charge < -0.3 is 4.52 Å². The highest BCUT2D eigenvalue weighted by atomic mass is 16.5. The van der Waals surface area contributed by atoms with E-state index < -0.39 is 0 Å². The van der Waals surface area contributed by atoms with Gasteiger partial charge in [-0.15, -0.1) is 0 Å². The van der Waals surface area contributed by atoms with Crippen LogP contribution in [-0.4, -0.2) is 5.16 Å². The largest absolute Gasteiger partial charge is 0.361 e. The number of allylic oxidation sites excluding steroid dienone is 2. The van der Waals surface area contributed by atoms with Gasteiger partial charge in [0.2, 0.25) is 0 Å². The van der Waals surface area contributed by atoms with Crippen molar-refractivity contribution < 1.29 is 4.52 Å². The number of aryl methyl sites for hydroxylation is 1. The van der Waals surface area contributed by atoms with Gasteiger partial charge in [0.15, 0.2) is 0 Å². The minimum absolute atomic E-state index is 0.221. The van der Waals surface area contributed by atoms with Crippen LogP contribution in [0.3, 0.4) is 0 Å². The molecule has 2 nitrogen and oxygen atoms in total. The molecule has 0 fully saturated rings. The van der Waals surface area contributed by atoms with E-state index >= 15 is 0 Å². The van der Waals surface area contributed by atoms with E-state index in [0.717, 1.165) is 18.6 Å². The van der Waals surface area contributed by atoms with E-state index in [1.807, 2.05) is 6.07 Å². The fourth-order valence-electron chi connectivity index (χ4n) is 4.68. The van der Waals surface area contributed by atoms with Gasteiger partial charge in [-0.3, -0.25) is 0 Å². The lowest BCUT2D eigenvalue weighted by molar-refractivity contribution is 0.391. The van der Waals surface area contributed by atoms with Crippen molar-refractivity contribution in [3.8, 4) is 0 Å². The van der Waals surface area contributed by atoms with E-state index in [-0.39, 0.29) is 10.8 Å². The average molecular weight is 338 g/mol. The first-order chi connectivity index (χ1) is 11.7. The van der Waals surface area contributed by atoms with Gasteiger partial charge >= 0.3 is 0 Å². The molecule has 1 heterocycles. The van der Waals surface area contributed by atoms with E-state index in [2.05, 4.69) is 65.8 Å². The van der Waals surface area contributed by atoms with Crippen LogP contribution in [0.4, 0.5) is 0 Å². The van der Waals surface area contributed by atoms with E-state index in [4.69, 9.17) is 4.52 Å². The van der Waals surface area contributed by atoms with Gasteiger partial charge in [0, 0.05) is 12.5 Å². The first-order valence-electron chi connectivity index (χ1n) is 9.40. The number of nitrogens with zero attached hydrogens (tertiary/aromatic N) is 1. The molecule has 1 aromatic heterocycles. The predicted molar refractivity (Wildman–Crippen MR) is 105 cm³/mol. The summed E-state index contributed by atoms with van der Waals surface area (Å²) in [6, 6.07) is 6.92. The normalized spacial score (nSPS) is 17.4. The molecular formula is C23H31NO. The Balaban J connectivity index is 2.18. The second kappa shape index (κ2) is 6.16. The standard InChI is InChI=1S/C23H31NO/c1-8-16-11-20-21(23(6,7)14-22(20,4)5)13-19(16)18(15(2)3)12-17-9-10-24-25-17/h9-11,13H,8,12,14H2,1-7H3. The molecule has 1 aromatic carbocycles. The van der Waals surface area contributed by atoms with Crippen molar-refractivity contribution in [2.45, 2.75) is 78.6 Å². The molecule has 134 valence electrons. The SMILES string of the molecule is CCc1cc2c(cc1C(Cc1ccno1)=C(C)C)C(C)(C)CC2(C)C. The lowest BCUT2D eigenvalue weighted by Gasteiger charge is -2.22. The summed E-state index contributed by atoms with van der Waals surface area (Å²) in [5, 5.41) is 3.87. The minimum Gasteiger partial charge on any atom is -0.361 e. The molecule has 1 aliphatic rings. The highest BCUT2D eigenvalue weighted by molar-refractivity contribution is 5.74. The third-order valence-electron chi connectivity index (χ3n) is 5.74. The lowest BCUT2D eigenvalue weighted by atomic mass is 9.82. The van der Waals surface area contributed by atoms with Gasteiger partial charge in [0.1, 0.15) is 5.76 Å². The summed E-state index contributed by atoms with van der Waals surface area (Å²) >= 11 is 0. The molecule has 0 bridgehead atoms. The summed E-state index contributed by atoms with van der Waals surface area (Å²) in [6.07, 6.45) is 4.78. The van der Waals surface area contributed by atoms with E-state index in [9.17, 15) is 0 Å². The molecule has 0 saturated carbocycles. The van der Waals surface area contributed by atoms with Gasteiger partial charge in [-0.05, 0) is 65.3 Å². The van der Waals surface area contributed by atoms with Gasteiger partial charge in [0.25, 0.3) is 0 Å². The van der Waals surface area contributed by atoms with Crippen LogP contribution in [0.5, 0.6) is 0 Å². The highest BCUT2D eigenvalue weighted by Crippen LogP contribution is 2.50. The maximum absolute atomic E-state index is 5.39. The van der Waals surface area contributed by atoms with Gasteiger partial charge in [-0.1, -0.05) is 57.5 Å². The molecule has 0 unspecified atom stereocenters. The molecule has 0 amide bonds. The van der Waals surface area contributed by atoms with E-state index in [0.29, 0.717) is 0 Å². The predicted octanol–water partition coefficient (Wildman–Crippen LogP) is 6.23. The fraction of sp³-hybridized carbons (Fsp3) is 0.522. The molecule has 25 heavy (non-hydrogen) atoms. The molecule has 0 spiro atoms. The Morgan fingerprint density at radius 3 is 2.24 bits per heavy atom. The van der Waals surface area contributed by atoms with Gasteiger partial charge in [-0.2, -0.15) is 0 Å². The average Bonchev–Trinajstić information content (AvgIpc) is 3.08. The number of rotatable bonds is 4. The number of benzene rings is 1. The van der Waals surface area contributed by atoms with Crippen LogP contribution in [0.2, 0.25) is 0 Å². The maximum Gasteiger partial charge on any atom is 0.141 e. The van der Waals surface area contributed by atoms with Crippen molar-refractivity contribution >= 4 is 5.57 Å². The summed E-state index contributed by atoms with van der Waals surface area (Å²) in [7, 11) is 0. The molecule has 1 aliphatic carbocycles. The third-order valence-corrected chi connectivity index (χ3v) is 5.74. The van der Waals surface area contributed by atoms with Crippen molar-refractivity contribution in [2.75, 3.05) is 0 Å². The summed E-state index contributed by atoms with van der Waals surface area (Å²) in [6.45, 7) is 16.2. The Hall–Kier alpha value is -1.83. The highest BCUT2D eigenvalue weighted by Gasteiger charge is 2.42. The van der Waals surface area contributed by atoms with Crippen molar-refractivity contribution in [2.24, 2.45) is 0 Å². The maximum atomic E-state index is 5.39. The summed E-state index contributed by atoms with van der Waals surface area (Å²) in [4.78, 5) is 0. The molecule has 3 rings (SSSR count). The summed E-state index contributed by atoms with van der Waals surface area (Å²) in [5.41, 5.74) is 9.07. The molecule has 0 aliphatic heterocycles. The Morgan fingerprint density at radius 2 is 1.72 bits per heavy atom. The quantitative estimate of drug-likeness (QED) is 0.660. The first kappa shape index (κ1) is 18.0. The van der Waals surface area contributed by atoms with Crippen molar-refractivity contribution in [1.29, 1.82) is 0 Å². The molecule has 0 saturated heterocycles. The smallest absolute Gasteiger partial charge is 0.141 e. The zero-order valence-corrected chi connectivity index (χ0v) is 16.8. The number of hydrogen-bond donors (Lipinski definition) is 0. The topological polar surface area (TPSA) is 26.0 Å². The Bertz CT molecular complexity index is 803. The van der Waals surface area contributed by atoms with Crippen LogP contribution >= 0.6 is 0 Å². The van der Waals surface area contributed by atoms with E-state index in [1.165, 1.54) is 39.8 Å². The number of hydrogen-bond acceptors (Lipinski definition) is 2. The molecule has 0 atom stereocenters. The van der Waals surface area contributed by atoms with Crippen LogP contribution in [0.1, 0.15) is 82.9 Å². The van der Waals surface area contributed by atoms with E-state index in [1.54, 1.807) is 6.20 Å². The molecule has 2 aromatic rings. The molecule has 0 N–H and O–H groups in total. The molecule has 2 heteroatoms. The Kier molecular flexibility index (Phi) is 4.43. The van der Waals surface area contributed by atoms with Gasteiger partial charge in [-0.25, -0.2) is 0 Å². The van der Waals surface area contributed by atoms with Crippen LogP contribution in [0.25, 0.3) is 5.57 Å². The Labute approximate surface area is 152 Å². The Morgan fingerprint density at radius 1 is 1.08 bits per heavy atom. The van der Waals surface area contributed by atoms with Crippen molar-refractivity contribution in [3.05, 3.63) is 58.0 Å². The summed E-state index contributed by atoms with van der Waals surface area (Å²) in [5.74, 6) is 0.929. The molecular weight excluding hydrogens is 306 g/mol. The fourth-order valence-corrected chi connectivity index (χ4v) is 4.68. The third kappa shape index (κ3) is 3.19. The van der Waals surface area contributed by atoms with Crippen molar-refractivity contribution in [1.82, 2.24) is 5.16 Å². The minimum atomic E-state index is 0.221. The van der Waals surface area contributed by atoms with Crippen LogP contribution < -0.4 is 0 Å². The van der Waals surface area contributed by atoms with Gasteiger partial charge in [0.05, 0.1) is 6.20 Å². The summed E-state index contributed by atoms with van der Waals surface area (Å²) < 4.78 is 5.39. The lowest BCUT2D eigenvalue weighted by Crippen LogP contribution is -2.18. The van der Waals surface area contributed by atoms with Crippen LogP contribution in [0, 0.1) is 0 Å². The monoisotopic (exact) mass is 337 g/mol. The number of aromatic nitrogens is 1. The zero-order chi connectivity index (χ0) is 18.4. The second-order valence-electron chi connectivity index (χ2n) is 8.99. The zero-order valence-electron chi connectivity index (χ0n) is 16.8. The number of fused-ring (bicyclic) bond motifs is 1. The first-order valence-corrected chi connectivity index (χ1v) is 9.40.